The second-order valence-electron chi connectivity index (χ2n) is 12.2. The molecule has 6 aliphatic rings. The minimum atomic E-state index is -0.642. The molecule has 7 nitrogen and oxygen atoms in total. The number of hydrogen-bond donors (Lipinski definition) is 1. The first-order chi connectivity index (χ1) is 17.9. The average molecular weight is 505 g/mol. The Bertz CT molecular complexity index is 1250. The van der Waals surface area contributed by atoms with Crippen LogP contribution in [-0.4, -0.2) is 45.7 Å². The van der Waals surface area contributed by atoms with Crippen LogP contribution in [0.1, 0.15) is 92.9 Å². The van der Waals surface area contributed by atoms with Crippen LogP contribution in [0.15, 0.2) is 21.6 Å². The van der Waals surface area contributed by atoms with Crippen molar-refractivity contribution in [3.05, 3.63) is 34.7 Å². The molecule has 2 saturated heterocycles. The first-order valence-electron chi connectivity index (χ1n) is 14.0. The van der Waals surface area contributed by atoms with E-state index in [1.807, 2.05) is 13.8 Å². The number of rotatable bonds is 5. The molecule has 1 aromatic carbocycles. The molecule has 0 amide bonds. The van der Waals surface area contributed by atoms with Crippen molar-refractivity contribution < 1.29 is 23.9 Å². The Hall–Kier alpha value is -2.35. The molecule has 3 atom stereocenters. The van der Waals surface area contributed by atoms with E-state index in [1.54, 1.807) is 0 Å². The average Bonchev–Trinajstić information content (AvgIpc) is 3.83. The van der Waals surface area contributed by atoms with Gasteiger partial charge in [0.1, 0.15) is 24.3 Å². The van der Waals surface area contributed by atoms with Gasteiger partial charge in [-0.1, -0.05) is 5.16 Å². The van der Waals surface area contributed by atoms with E-state index in [0.29, 0.717) is 5.92 Å². The van der Waals surface area contributed by atoms with Gasteiger partial charge in [0.05, 0.1) is 28.7 Å². The maximum atomic E-state index is 11.3. The number of aromatic nitrogens is 1. The zero-order chi connectivity index (χ0) is 25.4. The number of nitrogens with zero attached hydrogens (tertiary/aromatic N) is 2. The van der Waals surface area contributed by atoms with Crippen molar-refractivity contribution in [3.8, 4) is 11.1 Å². The molecule has 196 valence electrons. The lowest BCUT2D eigenvalue weighted by Crippen LogP contribution is -2.20. The van der Waals surface area contributed by atoms with Crippen LogP contribution < -0.4 is 0 Å². The second kappa shape index (κ2) is 8.58. The van der Waals surface area contributed by atoms with Gasteiger partial charge in [-0.05, 0) is 107 Å². The fraction of sp³-hybridized carbons (Fsp3) is 0.633. The molecule has 1 N–H and O–H groups in total. The topological polar surface area (TPSA) is 94.2 Å². The molecule has 3 saturated carbocycles. The van der Waals surface area contributed by atoms with Gasteiger partial charge in [-0.25, -0.2) is 0 Å². The molecule has 5 fully saturated rings. The number of ether oxygens (including phenoxy) is 2. The number of hydrogen-bond acceptors (Lipinski definition) is 7. The van der Waals surface area contributed by atoms with Crippen molar-refractivity contribution in [2.24, 2.45) is 10.9 Å². The van der Waals surface area contributed by atoms with Crippen molar-refractivity contribution in [3.63, 3.8) is 0 Å². The summed E-state index contributed by atoms with van der Waals surface area (Å²) in [4.78, 5) is 15.2. The highest BCUT2D eigenvalue weighted by atomic mass is 16.5. The lowest BCUT2D eigenvalue weighted by molar-refractivity contribution is -0.118. The van der Waals surface area contributed by atoms with E-state index in [2.05, 4.69) is 17.3 Å². The molecule has 37 heavy (non-hydrogen) atoms. The number of carbonyl (C=O) groups is 1. The summed E-state index contributed by atoms with van der Waals surface area (Å²) in [6.45, 7) is 3.92. The van der Waals surface area contributed by atoms with Crippen LogP contribution in [0.5, 0.6) is 0 Å². The minimum Gasteiger partial charge on any atom is -0.386 e. The number of benzene rings is 1. The summed E-state index contributed by atoms with van der Waals surface area (Å²) < 4.78 is 17.1. The molecule has 4 heterocycles. The molecular formula is C30H36N2O5. The molecule has 2 aromatic rings. The number of aliphatic hydroxyl groups is 1. The summed E-state index contributed by atoms with van der Waals surface area (Å²) in [6, 6.07) is 4.31. The summed E-state index contributed by atoms with van der Waals surface area (Å²) in [7, 11) is 0. The number of aldehydes is 1. The van der Waals surface area contributed by atoms with Crippen LogP contribution in [0.2, 0.25) is 0 Å². The predicted octanol–water partition coefficient (Wildman–Crippen LogP) is 5.64. The first-order valence-corrected chi connectivity index (χ1v) is 14.0. The number of aliphatic imine (C=N–C) groups is 1. The minimum absolute atomic E-state index is 0.0660. The number of aryl methyl sites for hydroxylation is 2. The van der Waals surface area contributed by atoms with Gasteiger partial charge in [0.25, 0.3) is 0 Å². The SMILES string of the molecule is Cc1noc(C)c1-c1cc2c(c(C(O)[C@@H]3CCC4(CC4)O3)c1)N=C(C1CC1)C2.O=C[C@@H]1CCC2(CC2)O1. The van der Waals surface area contributed by atoms with Crippen LogP contribution >= 0.6 is 0 Å². The Kier molecular flexibility index (Phi) is 5.51. The van der Waals surface area contributed by atoms with Gasteiger partial charge >= 0.3 is 0 Å². The van der Waals surface area contributed by atoms with E-state index in [-0.39, 0.29) is 23.4 Å². The molecular weight excluding hydrogens is 468 g/mol. The molecule has 0 bridgehead atoms. The Morgan fingerprint density at radius 2 is 1.73 bits per heavy atom. The van der Waals surface area contributed by atoms with Gasteiger partial charge in [-0.2, -0.15) is 0 Å². The van der Waals surface area contributed by atoms with Gasteiger partial charge in [0.2, 0.25) is 0 Å². The summed E-state index contributed by atoms with van der Waals surface area (Å²) in [5.41, 5.74) is 7.61. The van der Waals surface area contributed by atoms with Crippen LogP contribution in [0.3, 0.4) is 0 Å². The zero-order valence-corrected chi connectivity index (χ0v) is 21.8. The molecule has 0 radical (unpaired) electrons. The smallest absolute Gasteiger partial charge is 0.148 e. The predicted molar refractivity (Wildman–Crippen MR) is 138 cm³/mol. The highest BCUT2D eigenvalue weighted by Gasteiger charge is 2.52. The normalized spacial score (nSPS) is 28.6. The summed E-state index contributed by atoms with van der Waals surface area (Å²) in [5, 5.41) is 15.4. The molecule has 3 aliphatic heterocycles. The zero-order valence-electron chi connectivity index (χ0n) is 21.8. The Morgan fingerprint density at radius 1 is 1.00 bits per heavy atom. The quantitative estimate of drug-likeness (QED) is 0.530. The Labute approximate surface area is 217 Å². The molecule has 7 heteroatoms. The van der Waals surface area contributed by atoms with E-state index >= 15 is 0 Å². The standard InChI is InChI=1S/C23H26N2O3.C7H10O2/c1-12-20(13(2)28-25-12)15-9-16-11-18(14-3-4-14)24-21(16)17(10-15)22(26)19-5-6-23(27-19)7-8-23;8-5-6-1-2-7(9-6)3-4-7/h9-10,14,19,22,26H,3-8,11H2,1-2H3;5-6H,1-4H2/t19-,22?;6-/m00/s1. The molecule has 3 aliphatic carbocycles. The van der Waals surface area contributed by atoms with Gasteiger partial charge in [0.15, 0.2) is 0 Å². The van der Waals surface area contributed by atoms with E-state index in [0.717, 1.165) is 85.1 Å². The largest absolute Gasteiger partial charge is 0.386 e. The first kappa shape index (κ1) is 23.7. The number of carbonyl (C=O) groups excluding carboxylic acids is 1. The fourth-order valence-corrected chi connectivity index (χ4v) is 6.51. The van der Waals surface area contributed by atoms with Crippen molar-refractivity contribution in [1.82, 2.24) is 5.16 Å². The van der Waals surface area contributed by atoms with Gasteiger partial charge in [-0.15, -0.1) is 0 Å². The Morgan fingerprint density at radius 3 is 2.30 bits per heavy atom. The van der Waals surface area contributed by atoms with Crippen LogP contribution in [0.4, 0.5) is 5.69 Å². The third-order valence-electron chi connectivity index (χ3n) is 9.23. The highest BCUT2D eigenvalue weighted by Crippen LogP contribution is 2.53. The summed E-state index contributed by atoms with van der Waals surface area (Å²) in [6.07, 6.45) is 12.1. The number of aliphatic hydroxyl groups excluding tert-OH is 1. The van der Waals surface area contributed by atoms with Crippen LogP contribution in [0.25, 0.3) is 11.1 Å². The highest BCUT2D eigenvalue weighted by molar-refractivity contribution is 5.98. The molecule has 8 rings (SSSR count). The maximum absolute atomic E-state index is 11.3. The number of fused-ring (bicyclic) bond motifs is 1. The van der Waals surface area contributed by atoms with Crippen LogP contribution in [0, 0.1) is 19.8 Å². The van der Waals surface area contributed by atoms with E-state index in [1.165, 1.54) is 37.0 Å². The molecule has 2 spiro atoms. The van der Waals surface area contributed by atoms with Crippen LogP contribution in [-0.2, 0) is 20.7 Å². The lowest BCUT2D eigenvalue weighted by Gasteiger charge is -2.22. The third-order valence-corrected chi connectivity index (χ3v) is 9.23. The van der Waals surface area contributed by atoms with Gasteiger partial charge in [0, 0.05) is 23.3 Å². The van der Waals surface area contributed by atoms with Crippen molar-refractivity contribution in [1.29, 1.82) is 0 Å². The maximum Gasteiger partial charge on any atom is 0.148 e. The lowest BCUT2D eigenvalue weighted by atomic mass is 9.91. The van der Waals surface area contributed by atoms with E-state index < -0.39 is 6.10 Å². The van der Waals surface area contributed by atoms with Gasteiger partial charge < -0.3 is 23.9 Å². The van der Waals surface area contributed by atoms with Crippen molar-refractivity contribution in [2.45, 2.75) is 114 Å². The monoisotopic (exact) mass is 504 g/mol. The van der Waals surface area contributed by atoms with Crippen molar-refractivity contribution in [2.75, 3.05) is 0 Å². The van der Waals surface area contributed by atoms with Gasteiger partial charge in [-0.3, -0.25) is 4.99 Å². The van der Waals surface area contributed by atoms with E-state index in [4.69, 9.17) is 19.0 Å². The molecule has 1 unspecified atom stereocenters. The Balaban J connectivity index is 0.000000216. The molecule has 1 aromatic heterocycles. The fourth-order valence-electron chi connectivity index (χ4n) is 6.51. The van der Waals surface area contributed by atoms with Crippen molar-refractivity contribution >= 4 is 17.7 Å². The second-order valence-corrected chi connectivity index (χ2v) is 12.2. The van der Waals surface area contributed by atoms with E-state index in [9.17, 15) is 9.90 Å². The third kappa shape index (κ3) is 4.39. The summed E-state index contributed by atoms with van der Waals surface area (Å²) in [5.74, 6) is 1.45. The summed E-state index contributed by atoms with van der Waals surface area (Å²) >= 11 is 0.